The SMILES string of the molecule is CC(c1ccccc1OCCCN(C)C)C1CCc2ccccc2C1=O. The van der Waals surface area contributed by atoms with Crippen molar-refractivity contribution in [3.8, 4) is 5.75 Å². The fraction of sp³-hybridized carbons (Fsp3) is 0.435. The monoisotopic (exact) mass is 351 g/mol. The molecule has 2 aromatic rings. The van der Waals surface area contributed by atoms with Gasteiger partial charge in [-0.25, -0.2) is 0 Å². The van der Waals surface area contributed by atoms with Gasteiger partial charge >= 0.3 is 0 Å². The highest BCUT2D eigenvalue weighted by Crippen LogP contribution is 2.38. The standard InChI is InChI=1S/C23H29NO2/c1-17(20-14-13-18-9-4-5-11-21(18)23(20)25)19-10-6-7-12-22(19)26-16-8-15-24(2)3/h4-7,9-12,17,20H,8,13-16H2,1-3H3. The summed E-state index contributed by atoms with van der Waals surface area (Å²) in [4.78, 5) is 15.2. The molecule has 3 rings (SSSR count). The van der Waals surface area contributed by atoms with E-state index in [0.717, 1.165) is 42.7 Å². The third-order valence-electron chi connectivity index (χ3n) is 5.36. The first-order valence-electron chi connectivity index (χ1n) is 9.56. The van der Waals surface area contributed by atoms with Gasteiger partial charge in [-0.3, -0.25) is 4.79 Å². The van der Waals surface area contributed by atoms with Crippen molar-refractivity contribution in [2.75, 3.05) is 27.2 Å². The van der Waals surface area contributed by atoms with Crippen LogP contribution in [0.25, 0.3) is 0 Å². The lowest BCUT2D eigenvalue weighted by Crippen LogP contribution is -2.27. The summed E-state index contributed by atoms with van der Waals surface area (Å²) in [5.74, 6) is 1.38. The van der Waals surface area contributed by atoms with Crippen molar-refractivity contribution in [1.29, 1.82) is 0 Å². The molecule has 0 aromatic heterocycles. The first-order chi connectivity index (χ1) is 12.6. The van der Waals surface area contributed by atoms with Crippen molar-refractivity contribution < 1.29 is 9.53 Å². The molecule has 0 amide bonds. The van der Waals surface area contributed by atoms with E-state index in [0.29, 0.717) is 6.61 Å². The number of benzene rings is 2. The van der Waals surface area contributed by atoms with Crippen LogP contribution >= 0.6 is 0 Å². The summed E-state index contributed by atoms with van der Waals surface area (Å²) in [5, 5.41) is 0. The lowest BCUT2D eigenvalue weighted by Gasteiger charge is -2.29. The Bertz CT molecular complexity index is 753. The zero-order valence-corrected chi connectivity index (χ0v) is 16.1. The lowest BCUT2D eigenvalue weighted by molar-refractivity contribution is 0.0883. The molecule has 2 atom stereocenters. The molecule has 26 heavy (non-hydrogen) atoms. The third kappa shape index (κ3) is 4.16. The predicted octanol–water partition coefficient (Wildman–Crippen LogP) is 4.57. The number of rotatable bonds is 7. The number of fused-ring (bicyclic) bond motifs is 1. The zero-order valence-electron chi connectivity index (χ0n) is 16.1. The van der Waals surface area contributed by atoms with E-state index in [1.165, 1.54) is 5.56 Å². The summed E-state index contributed by atoms with van der Waals surface area (Å²) in [5.41, 5.74) is 3.24. The molecule has 0 bridgehead atoms. The Balaban J connectivity index is 1.74. The molecule has 0 saturated heterocycles. The maximum atomic E-state index is 13.0. The van der Waals surface area contributed by atoms with Crippen molar-refractivity contribution in [3.05, 3.63) is 65.2 Å². The van der Waals surface area contributed by atoms with Crippen LogP contribution in [0.2, 0.25) is 0 Å². The van der Waals surface area contributed by atoms with Crippen LogP contribution in [-0.2, 0) is 6.42 Å². The second-order valence-electron chi connectivity index (χ2n) is 7.50. The fourth-order valence-electron chi connectivity index (χ4n) is 3.87. The number of nitrogens with zero attached hydrogens (tertiary/aromatic N) is 1. The Morgan fingerprint density at radius 2 is 1.85 bits per heavy atom. The lowest BCUT2D eigenvalue weighted by atomic mass is 9.74. The highest BCUT2D eigenvalue weighted by atomic mass is 16.5. The van der Waals surface area contributed by atoms with Crippen LogP contribution < -0.4 is 4.74 Å². The first-order valence-corrected chi connectivity index (χ1v) is 9.56. The largest absolute Gasteiger partial charge is 0.493 e. The van der Waals surface area contributed by atoms with Crippen LogP contribution in [0.4, 0.5) is 0 Å². The molecule has 0 fully saturated rings. The van der Waals surface area contributed by atoms with Crippen molar-refractivity contribution in [2.45, 2.75) is 32.1 Å². The minimum absolute atomic E-state index is 0.0245. The average Bonchev–Trinajstić information content (AvgIpc) is 2.65. The summed E-state index contributed by atoms with van der Waals surface area (Å²) in [6.45, 7) is 3.87. The van der Waals surface area contributed by atoms with Crippen molar-refractivity contribution in [3.63, 3.8) is 0 Å². The quantitative estimate of drug-likeness (QED) is 0.685. The number of para-hydroxylation sites is 1. The minimum atomic E-state index is 0.0245. The number of carbonyl (C=O) groups is 1. The van der Waals surface area contributed by atoms with E-state index in [2.05, 4.69) is 38.1 Å². The van der Waals surface area contributed by atoms with Crippen LogP contribution in [-0.4, -0.2) is 37.9 Å². The van der Waals surface area contributed by atoms with Gasteiger partial charge < -0.3 is 9.64 Å². The maximum Gasteiger partial charge on any atom is 0.166 e. The summed E-state index contributed by atoms with van der Waals surface area (Å²) in [7, 11) is 4.14. The van der Waals surface area contributed by atoms with Crippen molar-refractivity contribution in [2.24, 2.45) is 5.92 Å². The number of ether oxygens (including phenoxy) is 1. The molecule has 2 unspecified atom stereocenters. The van der Waals surface area contributed by atoms with Gasteiger partial charge in [-0.1, -0.05) is 49.4 Å². The Hall–Kier alpha value is -2.13. The number of hydrogen-bond acceptors (Lipinski definition) is 3. The van der Waals surface area contributed by atoms with Crippen LogP contribution in [0.1, 0.15) is 47.2 Å². The normalized spacial score (nSPS) is 17.8. The van der Waals surface area contributed by atoms with Crippen LogP contribution in [0.5, 0.6) is 5.75 Å². The van der Waals surface area contributed by atoms with E-state index in [1.54, 1.807) is 0 Å². The van der Waals surface area contributed by atoms with Gasteiger partial charge in [-0.2, -0.15) is 0 Å². The van der Waals surface area contributed by atoms with Crippen molar-refractivity contribution >= 4 is 5.78 Å². The molecule has 3 nitrogen and oxygen atoms in total. The Morgan fingerprint density at radius 3 is 2.65 bits per heavy atom. The number of aryl methyl sites for hydroxylation is 1. The predicted molar refractivity (Wildman–Crippen MR) is 106 cm³/mol. The third-order valence-corrected chi connectivity index (χ3v) is 5.36. The first kappa shape index (κ1) is 18.7. The van der Waals surface area contributed by atoms with E-state index >= 15 is 0 Å². The molecule has 138 valence electrons. The summed E-state index contributed by atoms with van der Waals surface area (Å²) < 4.78 is 6.07. The number of ketones is 1. The molecule has 0 N–H and O–H groups in total. The van der Waals surface area contributed by atoms with Crippen LogP contribution in [0, 0.1) is 5.92 Å². The fourth-order valence-corrected chi connectivity index (χ4v) is 3.87. The van der Waals surface area contributed by atoms with Gasteiger partial charge in [0.1, 0.15) is 5.75 Å². The second-order valence-corrected chi connectivity index (χ2v) is 7.50. The smallest absolute Gasteiger partial charge is 0.166 e. The van der Waals surface area contributed by atoms with Gasteiger partial charge in [-0.15, -0.1) is 0 Å². The maximum absolute atomic E-state index is 13.0. The molecule has 0 spiro atoms. The van der Waals surface area contributed by atoms with Crippen LogP contribution in [0.3, 0.4) is 0 Å². The molecule has 0 aliphatic heterocycles. The summed E-state index contributed by atoms with van der Waals surface area (Å²) >= 11 is 0. The average molecular weight is 351 g/mol. The molecule has 0 saturated carbocycles. The van der Waals surface area contributed by atoms with Gasteiger partial charge in [0, 0.05) is 18.0 Å². The molecular formula is C23H29NO2. The van der Waals surface area contributed by atoms with E-state index in [4.69, 9.17) is 4.74 Å². The topological polar surface area (TPSA) is 29.5 Å². The van der Waals surface area contributed by atoms with E-state index < -0.39 is 0 Å². The Kier molecular flexibility index (Phi) is 6.10. The van der Waals surface area contributed by atoms with Gasteiger partial charge in [0.05, 0.1) is 6.61 Å². The highest BCUT2D eigenvalue weighted by molar-refractivity contribution is 6.00. The summed E-state index contributed by atoms with van der Waals surface area (Å²) in [6.07, 6.45) is 2.88. The van der Waals surface area contributed by atoms with E-state index in [9.17, 15) is 4.79 Å². The van der Waals surface area contributed by atoms with E-state index in [1.807, 2.05) is 36.4 Å². The molecule has 0 radical (unpaired) electrons. The van der Waals surface area contributed by atoms with Gasteiger partial charge in [-0.05, 0) is 56.5 Å². The molecule has 1 aliphatic carbocycles. The summed E-state index contributed by atoms with van der Waals surface area (Å²) in [6, 6.07) is 16.2. The molecule has 3 heteroatoms. The van der Waals surface area contributed by atoms with Crippen molar-refractivity contribution in [1.82, 2.24) is 4.90 Å². The number of hydrogen-bond donors (Lipinski definition) is 0. The molecular weight excluding hydrogens is 322 g/mol. The minimum Gasteiger partial charge on any atom is -0.493 e. The zero-order chi connectivity index (χ0) is 18.5. The Labute approximate surface area is 157 Å². The highest BCUT2D eigenvalue weighted by Gasteiger charge is 2.32. The van der Waals surface area contributed by atoms with Crippen LogP contribution in [0.15, 0.2) is 48.5 Å². The second kappa shape index (κ2) is 8.50. The van der Waals surface area contributed by atoms with Gasteiger partial charge in [0.2, 0.25) is 0 Å². The van der Waals surface area contributed by atoms with E-state index in [-0.39, 0.29) is 17.6 Å². The molecule has 1 aliphatic rings. The number of Topliss-reactive ketones (excluding diaryl/α,β-unsaturated/α-hetero) is 1. The molecule has 0 heterocycles. The Morgan fingerprint density at radius 1 is 1.12 bits per heavy atom. The van der Waals surface area contributed by atoms with Gasteiger partial charge in [0.25, 0.3) is 0 Å². The van der Waals surface area contributed by atoms with Gasteiger partial charge in [0.15, 0.2) is 5.78 Å². The molecule has 2 aromatic carbocycles. The number of carbonyl (C=O) groups excluding carboxylic acids is 1.